The highest BCUT2D eigenvalue weighted by Crippen LogP contribution is 2.47. The van der Waals surface area contributed by atoms with Crippen LogP contribution in [0.1, 0.15) is 90.3 Å². The van der Waals surface area contributed by atoms with Crippen molar-refractivity contribution in [2.75, 3.05) is 0 Å². The number of hydrogen-bond donors (Lipinski definition) is 2. The van der Waals surface area contributed by atoms with E-state index in [-0.39, 0.29) is 34.8 Å². The number of aryl methyl sites for hydroxylation is 1. The minimum Gasteiger partial charge on any atom is -0.478 e. The van der Waals surface area contributed by atoms with Crippen LogP contribution < -0.4 is 5.32 Å². The molecule has 2 N–H and O–H groups in total. The average molecular weight is 470 g/mol. The predicted octanol–water partition coefficient (Wildman–Crippen LogP) is 6.49. The molecule has 1 aliphatic carbocycles. The molecular weight excluding hydrogens is 434 g/mol. The lowest BCUT2D eigenvalue weighted by molar-refractivity contribution is -0.120. The van der Waals surface area contributed by atoms with Crippen molar-refractivity contribution in [1.82, 2.24) is 5.32 Å². The van der Waals surface area contributed by atoms with Crippen LogP contribution in [0.4, 0.5) is 0 Å². The standard InChI is InChI=1S/C31H35NO3/c1-20-17-25-26(31(4,5)16-15-30(25,2)3)19-24(20)28(22-11-13-23(14-12-22)29(34)35)32-27(33)18-21-9-7-6-8-10-21/h6-14,17,19,28H,15-16,18H2,1-5H3,(H,32,33)(H,34,35). The molecule has 0 fully saturated rings. The van der Waals surface area contributed by atoms with Crippen LogP contribution in [0.25, 0.3) is 0 Å². The van der Waals surface area contributed by atoms with Crippen LogP contribution in [-0.2, 0) is 22.0 Å². The molecule has 4 nitrogen and oxygen atoms in total. The van der Waals surface area contributed by atoms with E-state index in [9.17, 15) is 14.7 Å². The number of fused-ring (bicyclic) bond motifs is 1. The fourth-order valence-electron chi connectivity index (χ4n) is 5.20. The molecule has 3 aromatic rings. The number of carboxylic acids is 1. The number of carbonyl (C=O) groups excluding carboxylic acids is 1. The highest BCUT2D eigenvalue weighted by atomic mass is 16.4. The van der Waals surface area contributed by atoms with Crippen LogP contribution in [0.15, 0.2) is 66.7 Å². The van der Waals surface area contributed by atoms with Gasteiger partial charge in [-0.2, -0.15) is 0 Å². The Labute approximate surface area is 208 Å². The zero-order valence-electron chi connectivity index (χ0n) is 21.3. The number of rotatable bonds is 6. The molecule has 1 aliphatic rings. The molecule has 0 heterocycles. The Morgan fingerprint density at radius 3 is 2.03 bits per heavy atom. The summed E-state index contributed by atoms with van der Waals surface area (Å²) < 4.78 is 0. The minimum absolute atomic E-state index is 0.0407. The summed E-state index contributed by atoms with van der Waals surface area (Å²) in [6.45, 7) is 11.3. The maximum Gasteiger partial charge on any atom is 0.335 e. The van der Waals surface area contributed by atoms with Gasteiger partial charge in [-0.15, -0.1) is 0 Å². The highest BCUT2D eigenvalue weighted by Gasteiger charge is 2.38. The van der Waals surface area contributed by atoms with Gasteiger partial charge < -0.3 is 10.4 Å². The van der Waals surface area contributed by atoms with Gasteiger partial charge in [-0.3, -0.25) is 4.79 Å². The first-order valence-electron chi connectivity index (χ1n) is 12.3. The van der Waals surface area contributed by atoms with Crippen molar-refractivity contribution in [3.63, 3.8) is 0 Å². The maximum atomic E-state index is 13.2. The van der Waals surface area contributed by atoms with Crippen LogP contribution >= 0.6 is 0 Å². The molecule has 0 spiro atoms. The van der Waals surface area contributed by atoms with Gasteiger partial charge in [-0.1, -0.05) is 82.3 Å². The van der Waals surface area contributed by atoms with Gasteiger partial charge in [-0.25, -0.2) is 4.79 Å². The average Bonchev–Trinajstić information content (AvgIpc) is 2.81. The van der Waals surface area contributed by atoms with Crippen LogP contribution in [-0.4, -0.2) is 17.0 Å². The summed E-state index contributed by atoms with van der Waals surface area (Å²) in [6.07, 6.45) is 2.53. The van der Waals surface area contributed by atoms with Crippen molar-refractivity contribution in [3.05, 3.63) is 106 Å². The van der Waals surface area contributed by atoms with E-state index in [1.165, 1.54) is 11.1 Å². The lowest BCUT2D eigenvalue weighted by atomic mass is 9.62. The van der Waals surface area contributed by atoms with Crippen LogP contribution in [0.3, 0.4) is 0 Å². The third-order valence-corrected chi connectivity index (χ3v) is 7.55. The third-order valence-electron chi connectivity index (χ3n) is 7.55. The van der Waals surface area contributed by atoms with Gasteiger partial charge in [0.25, 0.3) is 0 Å². The molecule has 0 saturated carbocycles. The normalized spacial score (nSPS) is 16.7. The molecule has 4 heteroatoms. The van der Waals surface area contributed by atoms with Crippen molar-refractivity contribution in [3.8, 4) is 0 Å². The first-order valence-corrected chi connectivity index (χ1v) is 12.3. The van der Waals surface area contributed by atoms with Gasteiger partial charge in [0.15, 0.2) is 0 Å². The lowest BCUT2D eigenvalue weighted by Gasteiger charge is -2.43. The zero-order chi connectivity index (χ0) is 25.4. The molecule has 0 aliphatic heterocycles. The number of benzene rings is 3. The zero-order valence-corrected chi connectivity index (χ0v) is 21.3. The number of amides is 1. The van der Waals surface area contributed by atoms with Crippen LogP contribution in [0.5, 0.6) is 0 Å². The van der Waals surface area contributed by atoms with E-state index in [0.717, 1.165) is 35.1 Å². The Balaban J connectivity index is 1.78. The van der Waals surface area contributed by atoms with E-state index >= 15 is 0 Å². The summed E-state index contributed by atoms with van der Waals surface area (Å²) >= 11 is 0. The van der Waals surface area contributed by atoms with E-state index in [1.807, 2.05) is 42.5 Å². The Hall–Kier alpha value is -3.40. The van der Waals surface area contributed by atoms with Crippen molar-refractivity contribution in [1.29, 1.82) is 0 Å². The molecule has 0 aromatic heterocycles. The molecule has 0 saturated heterocycles. The van der Waals surface area contributed by atoms with Gasteiger partial charge in [0, 0.05) is 0 Å². The molecule has 1 amide bonds. The number of nitrogens with one attached hydrogen (secondary N) is 1. The fourth-order valence-corrected chi connectivity index (χ4v) is 5.20. The molecule has 1 atom stereocenters. The first kappa shape index (κ1) is 24.7. The summed E-state index contributed by atoms with van der Waals surface area (Å²) in [5.74, 6) is -1.03. The van der Waals surface area contributed by atoms with E-state index < -0.39 is 5.97 Å². The molecule has 182 valence electrons. The second-order valence-corrected chi connectivity index (χ2v) is 11.1. The van der Waals surface area contributed by atoms with Crippen molar-refractivity contribution < 1.29 is 14.7 Å². The van der Waals surface area contributed by atoms with Crippen molar-refractivity contribution in [2.24, 2.45) is 0 Å². The molecule has 35 heavy (non-hydrogen) atoms. The summed E-state index contributed by atoms with van der Waals surface area (Å²) in [4.78, 5) is 24.6. The Morgan fingerprint density at radius 2 is 1.46 bits per heavy atom. The third kappa shape index (κ3) is 5.17. The van der Waals surface area contributed by atoms with E-state index in [1.54, 1.807) is 12.1 Å². The molecule has 1 unspecified atom stereocenters. The minimum atomic E-state index is -0.963. The highest BCUT2D eigenvalue weighted by molar-refractivity contribution is 5.87. The number of aromatic carboxylic acids is 1. The van der Waals surface area contributed by atoms with Gasteiger partial charge in [-0.05, 0) is 76.1 Å². The largest absolute Gasteiger partial charge is 0.478 e. The molecule has 0 radical (unpaired) electrons. The summed E-state index contributed by atoms with van der Waals surface area (Å²) in [6, 6.07) is 20.7. The van der Waals surface area contributed by atoms with Gasteiger partial charge in [0.1, 0.15) is 0 Å². The van der Waals surface area contributed by atoms with Gasteiger partial charge >= 0.3 is 5.97 Å². The number of carbonyl (C=O) groups is 2. The predicted molar refractivity (Wildman–Crippen MR) is 140 cm³/mol. The maximum absolute atomic E-state index is 13.2. The van der Waals surface area contributed by atoms with Gasteiger partial charge in [0.05, 0.1) is 18.0 Å². The monoisotopic (exact) mass is 469 g/mol. The quantitative estimate of drug-likeness (QED) is 0.434. The Bertz CT molecular complexity index is 1240. The topological polar surface area (TPSA) is 66.4 Å². The van der Waals surface area contributed by atoms with Crippen molar-refractivity contribution >= 4 is 11.9 Å². The molecule has 0 bridgehead atoms. The Morgan fingerprint density at radius 1 is 0.886 bits per heavy atom. The Kier molecular flexibility index (Phi) is 6.59. The molecule has 3 aromatic carbocycles. The van der Waals surface area contributed by atoms with Gasteiger partial charge in [0.2, 0.25) is 5.91 Å². The SMILES string of the molecule is Cc1cc2c(cc1C(NC(=O)Cc1ccccc1)c1ccc(C(=O)O)cc1)C(C)(C)CCC2(C)C. The molecule has 4 rings (SSSR count). The summed E-state index contributed by atoms with van der Waals surface area (Å²) in [5.41, 5.74) is 7.09. The van der Waals surface area contributed by atoms with E-state index in [0.29, 0.717) is 0 Å². The van der Waals surface area contributed by atoms with Crippen LogP contribution in [0, 0.1) is 6.92 Å². The smallest absolute Gasteiger partial charge is 0.335 e. The second-order valence-electron chi connectivity index (χ2n) is 11.1. The fraction of sp³-hybridized carbons (Fsp3) is 0.355. The van der Waals surface area contributed by atoms with E-state index in [2.05, 4.69) is 52.1 Å². The summed E-state index contributed by atoms with van der Waals surface area (Å²) in [5, 5.41) is 12.6. The van der Waals surface area contributed by atoms with E-state index in [4.69, 9.17) is 0 Å². The van der Waals surface area contributed by atoms with Crippen molar-refractivity contribution in [2.45, 2.75) is 70.8 Å². The number of hydrogen-bond acceptors (Lipinski definition) is 2. The second kappa shape index (κ2) is 9.33. The lowest BCUT2D eigenvalue weighted by Crippen LogP contribution is -2.35. The number of carboxylic acid groups (broad SMARTS) is 1. The summed E-state index contributed by atoms with van der Waals surface area (Å²) in [7, 11) is 0. The molecular formula is C31H35NO3. The van der Waals surface area contributed by atoms with Crippen LogP contribution in [0.2, 0.25) is 0 Å². The first-order chi connectivity index (χ1) is 16.5.